The molecular formula is C18H21N5O2. The number of carbonyl (C=O) groups excluding carboxylic acids is 1. The lowest BCUT2D eigenvalue weighted by Gasteiger charge is -2.34. The lowest BCUT2D eigenvalue weighted by molar-refractivity contribution is 0.0680. The fourth-order valence-corrected chi connectivity index (χ4v) is 3.70. The van der Waals surface area contributed by atoms with E-state index in [9.17, 15) is 4.79 Å². The Morgan fingerprint density at radius 1 is 1.32 bits per heavy atom. The molecule has 1 unspecified atom stereocenters. The summed E-state index contributed by atoms with van der Waals surface area (Å²) in [5, 5.41) is 4.69. The van der Waals surface area contributed by atoms with Crippen LogP contribution in [-0.4, -0.2) is 43.6 Å². The normalized spacial score (nSPS) is 18.0. The highest BCUT2D eigenvalue weighted by molar-refractivity contribution is 6.06. The maximum Gasteiger partial charge on any atom is 0.258 e. The number of hydrogen-bond acceptors (Lipinski definition) is 5. The van der Waals surface area contributed by atoms with Crippen LogP contribution < -0.4 is 0 Å². The third kappa shape index (κ3) is 2.69. The van der Waals surface area contributed by atoms with E-state index in [0.29, 0.717) is 23.5 Å². The zero-order chi connectivity index (χ0) is 17.6. The molecule has 7 nitrogen and oxygen atoms in total. The minimum Gasteiger partial charge on any atom is -0.337 e. The first-order valence-electron chi connectivity index (χ1n) is 8.57. The molecule has 3 aromatic rings. The van der Waals surface area contributed by atoms with Crippen molar-refractivity contribution >= 4 is 17.0 Å². The van der Waals surface area contributed by atoms with Gasteiger partial charge in [0, 0.05) is 31.2 Å². The van der Waals surface area contributed by atoms with Gasteiger partial charge in [0.25, 0.3) is 11.6 Å². The third-order valence-electron chi connectivity index (χ3n) is 4.92. The first-order chi connectivity index (χ1) is 12.0. The van der Waals surface area contributed by atoms with Crippen molar-refractivity contribution in [3.8, 4) is 0 Å². The number of nitrogens with zero attached hydrogens (tertiary/aromatic N) is 5. The fourth-order valence-electron chi connectivity index (χ4n) is 3.70. The summed E-state index contributed by atoms with van der Waals surface area (Å²) in [7, 11) is 0. The van der Waals surface area contributed by atoms with Crippen molar-refractivity contribution in [3.63, 3.8) is 0 Å². The largest absolute Gasteiger partial charge is 0.337 e. The number of fused-ring (bicyclic) bond motifs is 1. The van der Waals surface area contributed by atoms with Gasteiger partial charge < -0.3 is 14.0 Å². The number of aromatic nitrogens is 4. The molecular weight excluding hydrogens is 318 g/mol. The molecule has 1 fully saturated rings. The second-order valence-corrected chi connectivity index (χ2v) is 6.69. The summed E-state index contributed by atoms with van der Waals surface area (Å²) in [5.74, 6) is 1.00. The Kier molecular flexibility index (Phi) is 3.78. The molecule has 1 aliphatic heterocycles. The predicted octanol–water partition coefficient (Wildman–Crippen LogP) is 2.82. The Hall–Kier alpha value is -2.70. The molecule has 1 aliphatic rings. The summed E-state index contributed by atoms with van der Waals surface area (Å²) >= 11 is 0. The molecule has 0 aromatic carbocycles. The molecule has 0 aliphatic carbocycles. The molecule has 1 saturated heterocycles. The van der Waals surface area contributed by atoms with Crippen molar-refractivity contribution in [2.24, 2.45) is 0 Å². The van der Waals surface area contributed by atoms with Crippen LogP contribution in [-0.2, 0) is 0 Å². The molecule has 1 atom stereocenters. The van der Waals surface area contributed by atoms with Crippen molar-refractivity contribution in [2.75, 3.05) is 13.1 Å². The Morgan fingerprint density at radius 2 is 2.16 bits per heavy atom. The van der Waals surface area contributed by atoms with E-state index in [0.717, 1.165) is 36.3 Å². The van der Waals surface area contributed by atoms with Crippen molar-refractivity contribution in [2.45, 2.75) is 39.7 Å². The van der Waals surface area contributed by atoms with E-state index in [4.69, 9.17) is 4.52 Å². The van der Waals surface area contributed by atoms with Gasteiger partial charge in [-0.3, -0.25) is 4.79 Å². The number of imidazole rings is 1. The van der Waals surface area contributed by atoms with Gasteiger partial charge in [-0.2, -0.15) is 0 Å². The number of piperidine rings is 1. The van der Waals surface area contributed by atoms with Crippen LogP contribution in [0.4, 0.5) is 0 Å². The average Bonchev–Trinajstić information content (AvgIpc) is 3.19. The highest BCUT2D eigenvalue weighted by Crippen LogP contribution is 2.27. The topological polar surface area (TPSA) is 77.0 Å². The van der Waals surface area contributed by atoms with E-state index >= 15 is 0 Å². The molecule has 0 spiro atoms. The first-order valence-corrected chi connectivity index (χ1v) is 8.57. The smallest absolute Gasteiger partial charge is 0.258 e. The number of likely N-dealkylation sites (tertiary alicyclic amines) is 1. The van der Waals surface area contributed by atoms with E-state index in [1.807, 2.05) is 44.1 Å². The van der Waals surface area contributed by atoms with E-state index < -0.39 is 0 Å². The van der Waals surface area contributed by atoms with E-state index in [1.165, 1.54) is 0 Å². The monoisotopic (exact) mass is 339 g/mol. The minimum atomic E-state index is 0.0178. The fraction of sp³-hybridized carbons (Fsp3) is 0.444. The number of pyridine rings is 1. The summed E-state index contributed by atoms with van der Waals surface area (Å²) in [6.07, 6.45) is 5.83. The van der Waals surface area contributed by atoms with Gasteiger partial charge >= 0.3 is 0 Å². The predicted molar refractivity (Wildman–Crippen MR) is 92.4 cm³/mol. The van der Waals surface area contributed by atoms with Gasteiger partial charge in [0.05, 0.1) is 22.7 Å². The van der Waals surface area contributed by atoms with Crippen molar-refractivity contribution < 1.29 is 9.32 Å². The molecule has 0 bridgehead atoms. The average molecular weight is 339 g/mol. The van der Waals surface area contributed by atoms with Gasteiger partial charge in [0.2, 0.25) is 0 Å². The van der Waals surface area contributed by atoms with E-state index in [2.05, 4.69) is 19.7 Å². The lowest BCUT2D eigenvalue weighted by Crippen LogP contribution is -2.41. The number of rotatable bonds is 2. The SMILES string of the molecule is Cc1cc(C(=O)N2CCCC(n3ccnc3C)C2)c2c(C)noc2n1. The molecule has 3 aromatic heterocycles. The van der Waals surface area contributed by atoms with Crippen LogP contribution in [0.5, 0.6) is 0 Å². The van der Waals surface area contributed by atoms with Crippen molar-refractivity contribution in [1.29, 1.82) is 0 Å². The molecule has 4 heterocycles. The molecule has 4 rings (SSSR count). The van der Waals surface area contributed by atoms with Crippen molar-refractivity contribution in [3.05, 3.63) is 41.2 Å². The molecule has 1 amide bonds. The van der Waals surface area contributed by atoms with Gasteiger partial charge in [-0.1, -0.05) is 5.16 Å². The van der Waals surface area contributed by atoms with Gasteiger partial charge in [-0.15, -0.1) is 0 Å². The standard InChI is InChI=1S/C18H21N5O2/c1-11-9-15(16-12(2)21-25-17(16)20-11)18(24)22-7-4-5-14(10-22)23-8-6-19-13(23)3/h6,8-9,14H,4-5,7,10H2,1-3H3. The van der Waals surface area contributed by atoms with Gasteiger partial charge in [-0.25, -0.2) is 9.97 Å². The van der Waals surface area contributed by atoms with Gasteiger partial charge in [0.1, 0.15) is 5.82 Å². The second-order valence-electron chi connectivity index (χ2n) is 6.69. The summed E-state index contributed by atoms with van der Waals surface area (Å²) < 4.78 is 7.42. The van der Waals surface area contributed by atoms with Crippen LogP contribution in [0.1, 0.15) is 46.5 Å². The summed E-state index contributed by atoms with van der Waals surface area (Å²) in [4.78, 5) is 23.8. The number of aryl methyl sites for hydroxylation is 3. The highest BCUT2D eigenvalue weighted by atomic mass is 16.5. The number of carbonyl (C=O) groups is 1. The summed E-state index contributed by atoms with van der Waals surface area (Å²) in [6, 6.07) is 2.10. The van der Waals surface area contributed by atoms with Crippen LogP contribution in [0.15, 0.2) is 23.0 Å². The van der Waals surface area contributed by atoms with Crippen LogP contribution >= 0.6 is 0 Å². The van der Waals surface area contributed by atoms with Crippen LogP contribution in [0, 0.1) is 20.8 Å². The van der Waals surface area contributed by atoms with Gasteiger partial charge in [-0.05, 0) is 39.7 Å². The highest BCUT2D eigenvalue weighted by Gasteiger charge is 2.28. The summed E-state index contributed by atoms with van der Waals surface area (Å²) in [5.41, 5.74) is 2.51. The van der Waals surface area contributed by atoms with E-state index in [1.54, 1.807) is 0 Å². The van der Waals surface area contributed by atoms with Crippen LogP contribution in [0.25, 0.3) is 11.1 Å². The maximum atomic E-state index is 13.2. The molecule has 7 heteroatoms. The number of amides is 1. The second kappa shape index (κ2) is 5.98. The lowest BCUT2D eigenvalue weighted by atomic mass is 10.0. The van der Waals surface area contributed by atoms with E-state index in [-0.39, 0.29) is 11.9 Å². The number of hydrogen-bond donors (Lipinski definition) is 0. The molecule has 0 radical (unpaired) electrons. The summed E-state index contributed by atoms with van der Waals surface area (Å²) in [6.45, 7) is 7.14. The molecule has 25 heavy (non-hydrogen) atoms. The third-order valence-corrected chi connectivity index (χ3v) is 4.92. The zero-order valence-electron chi connectivity index (χ0n) is 14.7. The molecule has 0 saturated carbocycles. The van der Waals surface area contributed by atoms with Crippen molar-refractivity contribution in [1.82, 2.24) is 24.6 Å². The molecule has 0 N–H and O–H groups in total. The Balaban J connectivity index is 1.67. The van der Waals surface area contributed by atoms with Crippen LogP contribution in [0.2, 0.25) is 0 Å². The first kappa shape index (κ1) is 15.8. The quantitative estimate of drug-likeness (QED) is 0.717. The Bertz CT molecular complexity index is 942. The maximum absolute atomic E-state index is 13.2. The Labute approximate surface area is 145 Å². The molecule has 130 valence electrons. The zero-order valence-corrected chi connectivity index (χ0v) is 14.7. The van der Waals surface area contributed by atoms with Gasteiger partial charge in [0.15, 0.2) is 0 Å². The van der Waals surface area contributed by atoms with Crippen LogP contribution in [0.3, 0.4) is 0 Å². The minimum absolute atomic E-state index is 0.0178. The Morgan fingerprint density at radius 3 is 2.92 bits per heavy atom.